The number of nitro benzene ring substituents is 1. The van der Waals surface area contributed by atoms with E-state index in [1.165, 1.54) is 0 Å². The van der Waals surface area contributed by atoms with Crippen LogP contribution in [0.4, 0.5) is 5.69 Å². The van der Waals surface area contributed by atoms with Gasteiger partial charge in [0.05, 0.1) is 27.1 Å². The summed E-state index contributed by atoms with van der Waals surface area (Å²) in [6.07, 6.45) is 0. The van der Waals surface area contributed by atoms with Crippen LogP contribution < -0.4 is 5.32 Å². The van der Waals surface area contributed by atoms with E-state index in [2.05, 4.69) is 5.32 Å². The average Bonchev–Trinajstić information content (AvgIpc) is 2.37. The Morgan fingerprint density at radius 2 is 2.16 bits per heavy atom. The van der Waals surface area contributed by atoms with Gasteiger partial charge in [-0.05, 0) is 6.92 Å². The molecule has 6 nitrogen and oxygen atoms in total. The van der Waals surface area contributed by atoms with Crippen LogP contribution in [0.25, 0.3) is 0 Å². The van der Waals surface area contributed by atoms with E-state index < -0.39 is 10.8 Å². The van der Waals surface area contributed by atoms with Crippen molar-refractivity contribution in [2.75, 3.05) is 19.8 Å². The predicted molar refractivity (Wildman–Crippen MR) is 71.9 cm³/mol. The highest BCUT2D eigenvalue weighted by molar-refractivity contribution is 6.44. The fourth-order valence-electron chi connectivity index (χ4n) is 1.32. The van der Waals surface area contributed by atoms with Crippen LogP contribution in [0.2, 0.25) is 10.0 Å². The van der Waals surface area contributed by atoms with Crippen molar-refractivity contribution in [2.24, 2.45) is 0 Å². The van der Waals surface area contributed by atoms with E-state index in [1.807, 2.05) is 6.92 Å². The van der Waals surface area contributed by atoms with Crippen LogP contribution in [-0.2, 0) is 4.74 Å². The second kappa shape index (κ2) is 7.28. The van der Waals surface area contributed by atoms with Gasteiger partial charge >= 0.3 is 0 Å². The van der Waals surface area contributed by atoms with Crippen LogP contribution in [0.1, 0.15) is 17.3 Å². The van der Waals surface area contributed by atoms with Crippen LogP contribution in [0.5, 0.6) is 0 Å². The molecule has 8 heteroatoms. The Hall–Kier alpha value is -1.37. The topological polar surface area (TPSA) is 81.5 Å². The standard InChI is InChI=1S/C11H12Cl2N2O4/c1-2-19-4-3-14-11(16)8-5-7(15(17)18)6-9(12)10(8)13/h5-6H,2-4H2,1H3,(H,14,16). The molecule has 1 rings (SSSR count). The number of rotatable bonds is 6. The molecule has 0 aromatic heterocycles. The second-order valence-electron chi connectivity index (χ2n) is 3.50. The minimum absolute atomic E-state index is 0.0128. The van der Waals surface area contributed by atoms with Crippen LogP contribution in [0.3, 0.4) is 0 Å². The monoisotopic (exact) mass is 306 g/mol. The van der Waals surface area contributed by atoms with Crippen molar-refractivity contribution in [3.63, 3.8) is 0 Å². The molecule has 104 valence electrons. The summed E-state index contributed by atoms with van der Waals surface area (Å²) >= 11 is 11.6. The number of amides is 1. The van der Waals surface area contributed by atoms with Gasteiger partial charge in [-0.3, -0.25) is 14.9 Å². The van der Waals surface area contributed by atoms with Gasteiger partial charge in [-0.25, -0.2) is 0 Å². The number of ether oxygens (including phenoxy) is 1. The molecule has 0 aliphatic carbocycles. The van der Waals surface area contributed by atoms with Gasteiger partial charge in [-0.1, -0.05) is 23.2 Å². The highest BCUT2D eigenvalue weighted by Gasteiger charge is 2.19. The van der Waals surface area contributed by atoms with Gasteiger partial charge in [0.25, 0.3) is 11.6 Å². The number of hydrogen-bond donors (Lipinski definition) is 1. The smallest absolute Gasteiger partial charge is 0.271 e. The van der Waals surface area contributed by atoms with Crippen LogP contribution in [0, 0.1) is 10.1 Å². The Labute approximate surface area is 119 Å². The number of non-ortho nitro benzene ring substituents is 1. The van der Waals surface area contributed by atoms with Gasteiger partial charge in [-0.2, -0.15) is 0 Å². The number of carbonyl (C=O) groups excluding carboxylic acids is 1. The van der Waals surface area contributed by atoms with Crippen molar-refractivity contribution in [2.45, 2.75) is 6.92 Å². The molecule has 0 aliphatic rings. The van der Waals surface area contributed by atoms with Gasteiger partial charge in [0.2, 0.25) is 0 Å². The lowest BCUT2D eigenvalue weighted by molar-refractivity contribution is -0.384. The van der Waals surface area contributed by atoms with Gasteiger partial charge in [0, 0.05) is 25.3 Å². The molecule has 19 heavy (non-hydrogen) atoms. The summed E-state index contributed by atoms with van der Waals surface area (Å²) in [5, 5.41) is 13.2. The van der Waals surface area contributed by atoms with Crippen molar-refractivity contribution in [1.82, 2.24) is 5.32 Å². The number of halogens is 2. The number of nitro groups is 1. The quantitative estimate of drug-likeness (QED) is 0.497. The molecule has 0 spiro atoms. The van der Waals surface area contributed by atoms with Gasteiger partial charge in [0.1, 0.15) is 0 Å². The first-order valence-electron chi connectivity index (χ1n) is 5.46. The van der Waals surface area contributed by atoms with Crippen molar-refractivity contribution < 1.29 is 14.5 Å². The molecule has 1 aromatic rings. The third-order valence-electron chi connectivity index (χ3n) is 2.20. The zero-order chi connectivity index (χ0) is 14.4. The molecular weight excluding hydrogens is 295 g/mol. The fraction of sp³-hybridized carbons (Fsp3) is 0.364. The Bertz CT molecular complexity index is 494. The number of nitrogens with one attached hydrogen (secondary N) is 1. The van der Waals surface area contributed by atoms with Gasteiger partial charge < -0.3 is 10.1 Å². The second-order valence-corrected chi connectivity index (χ2v) is 4.28. The van der Waals surface area contributed by atoms with Crippen molar-refractivity contribution >= 4 is 34.8 Å². The molecule has 0 aliphatic heterocycles. The molecule has 0 fully saturated rings. The van der Waals surface area contributed by atoms with Gasteiger partial charge in [0.15, 0.2) is 0 Å². The van der Waals surface area contributed by atoms with E-state index in [4.69, 9.17) is 27.9 Å². The summed E-state index contributed by atoms with van der Waals surface area (Å²) in [5.74, 6) is -0.532. The third-order valence-corrected chi connectivity index (χ3v) is 3.01. The lowest BCUT2D eigenvalue weighted by atomic mass is 10.2. The molecule has 0 radical (unpaired) electrons. The molecule has 1 aromatic carbocycles. The molecule has 0 atom stereocenters. The van der Waals surface area contributed by atoms with Crippen LogP contribution >= 0.6 is 23.2 Å². The highest BCUT2D eigenvalue weighted by Crippen LogP contribution is 2.30. The van der Waals surface area contributed by atoms with E-state index in [0.29, 0.717) is 13.2 Å². The maximum absolute atomic E-state index is 11.8. The number of hydrogen-bond acceptors (Lipinski definition) is 4. The van der Waals surface area contributed by atoms with Crippen molar-refractivity contribution in [3.8, 4) is 0 Å². The predicted octanol–water partition coefficient (Wildman–Crippen LogP) is 2.67. The largest absolute Gasteiger partial charge is 0.380 e. The number of benzene rings is 1. The normalized spacial score (nSPS) is 10.3. The third kappa shape index (κ3) is 4.34. The number of carbonyl (C=O) groups is 1. The summed E-state index contributed by atoms with van der Waals surface area (Å²) < 4.78 is 5.05. The lowest BCUT2D eigenvalue weighted by Crippen LogP contribution is -2.27. The zero-order valence-corrected chi connectivity index (χ0v) is 11.6. The Balaban J connectivity index is 2.86. The maximum Gasteiger partial charge on any atom is 0.271 e. The minimum Gasteiger partial charge on any atom is -0.380 e. The molecule has 0 saturated carbocycles. The van der Waals surface area contributed by atoms with E-state index in [-0.39, 0.29) is 27.8 Å². The summed E-state index contributed by atoms with van der Waals surface area (Å²) in [7, 11) is 0. The minimum atomic E-state index is -0.640. The molecule has 1 N–H and O–H groups in total. The van der Waals surface area contributed by atoms with E-state index >= 15 is 0 Å². The van der Waals surface area contributed by atoms with Crippen molar-refractivity contribution in [3.05, 3.63) is 37.9 Å². The van der Waals surface area contributed by atoms with Crippen LogP contribution in [0.15, 0.2) is 12.1 Å². The first-order chi connectivity index (χ1) is 8.97. The molecular formula is C11H12Cl2N2O4. The molecule has 0 unspecified atom stereocenters. The Kier molecular flexibility index (Phi) is 6.01. The lowest BCUT2D eigenvalue weighted by Gasteiger charge is -2.07. The molecule has 0 heterocycles. The Morgan fingerprint density at radius 1 is 1.47 bits per heavy atom. The summed E-state index contributed by atoms with van der Waals surface area (Å²) in [4.78, 5) is 21.9. The van der Waals surface area contributed by atoms with Gasteiger partial charge in [-0.15, -0.1) is 0 Å². The molecule has 1 amide bonds. The Morgan fingerprint density at radius 3 is 2.74 bits per heavy atom. The number of nitrogens with zero attached hydrogens (tertiary/aromatic N) is 1. The van der Waals surface area contributed by atoms with Crippen molar-refractivity contribution in [1.29, 1.82) is 0 Å². The molecule has 0 bridgehead atoms. The van der Waals surface area contributed by atoms with Crippen LogP contribution in [-0.4, -0.2) is 30.6 Å². The maximum atomic E-state index is 11.8. The molecule has 0 saturated heterocycles. The summed E-state index contributed by atoms with van der Waals surface area (Å²) in [5.41, 5.74) is -0.318. The summed E-state index contributed by atoms with van der Waals surface area (Å²) in [6, 6.07) is 2.19. The first kappa shape index (κ1) is 15.7. The fourth-order valence-corrected chi connectivity index (χ4v) is 1.73. The SMILES string of the molecule is CCOCCNC(=O)c1cc([N+](=O)[O-])cc(Cl)c1Cl. The van der Waals surface area contributed by atoms with E-state index in [0.717, 1.165) is 12.1 Å². The first-order valence-corrected chi connectivity index (χ1v) is 6.22. The summed E-state index contributed by atoms with van der Waals surface area (Å²) in [6.45, 7) is 3.00. The zero-order valence-electron chi connectivity index (χ0n) is 10.1. The average molecular weight is 307 g/mol. The van der Waals surface area contributed by atoms with E-state index in [1.54, 1.807) is 0 Å². The van der Waals surface area contributed by atoms with E-state index in [9.17, 15) is 14.9 Å². The highest BCUT2D eigenvalue weighted by atomic mass is 35.5.